The summed E-state index contributed by atoms with van der Waals surface area (Å²) in [7, 11) is 1.58. The van der Waals surface area contributed by atoms with Gasteiger partial charge in [-0.25, -0.2) is 9.97 Å². The number of halogens is 1. The number of fused-ring (bicyclic) bond motifs is 1. The predicted molar refractivity (Wildman–Crippen MR) is 93.5 cm³/mol. The lowest BCUT2D eigenvalue weighted by molar-refractivity contribution is 0.0955. The Bertz CT molecular complexity index is 891. The largest absolute Gasteiger partial charge is 0.496 e. The first-order valence-corrected chi connectivity index (χ1v) is 7.98. The quantitative estimate of drug-likeness (QED) is 0.743. The van der Waals surface area contributed by atoms with E-state index in [4.69, 9.17) is 16.3 Å². The molecule has 3 aromatic rings. The molecule has 0 aliphatic heterocycles. The first kappa shape index (κ1) is 16.3. The summed E-state index contributed by atoms with van der Waals surface area (Å²) >= 11 is 6.09. The number of rotatable bonds is 5. The SMILES string of the molecule is CCCNC(=O)c1c[nH]c2ncc(-c3cc(Cl)ccc3OC)nc12. The third kappa shape index (κ3) is 3.05. The lowest BCUT2D eigenvalue weighted by atomic mass is 10.1. The zero-order valence-electron chi connectivity index (χ0n) is 13.4. The summed E-state index contributed by atoms with van der Waals surface area (Å²) in [6, 6.07) is 5.28. The van der Waals surface area contributed by atoms with Gasteiger partial charge in [0.15, 0.2) is 5.65 Å². The molecule has 1 amide bonds. The molecular formula is C17H17ClN4O2. The van der Waals surface area contributed by atoms with E-state index in [-0.39, 0.29) is 5.91 Å². The van der Waals surface area contributed by atoms with Gasteiger partial charge in [-0.15, -0.1) is 0 Å². The van der Waals surface area contributed by atoms with Crippen LogP contribution in [-0.4, -0.2) is 34.5 Å². The Morgan fingerprint density at radius 1 is 1.42 bits per heavy atom. The highest BCUT2D eigenvalue weighted by molar-refractivity contribution is 6.31. The van der Waals surface area contributed by atoms with E-state index in [2.05, 4.69) is 20.3 Å². The molecule has 0 atom stereocenters. The summed E-state index contributed by atoms with van der Waals surface area (Å²) in [5.41, 5.74) is 2.85. The lowest BCUT2D eigenvalue weighted by Crippen LogP contribution is -2.23. The van der Waals surface area contributed by atoms with Crippen molar-refractivity contribution >= 4 is 28.7 Å². The lowest BCUT2D eigenvalue weighted by Gasteiger charge is -2.08. The van der Waals surface area contributed by atoms with Crippen LogP contribution in [0.2, 0.25) is 5.02 Å². The van der Waals surface area contributed by atoms with Crippen LogP contribution in [0.1, 0.15) is 23.7 Å². The van der Waals surface area contributed by atoms with Gasteiger partial charge in [0, 0.05) is 23.3 Å². The molecule has 0 saturated carbocycles. The highest BCUT2D eigenvalue weighted by atomic mass is 35.5. The number of methoxy groups -OCH3 is 1. The molecule has 2 N–H and O–H groups in total. The molecule has 2 heterocycles. The number of hydrogen-bond donors (Lipinski definition) is 2. The van der Waals surface area contributed by atoms with Crippen molar-refractivity contribution in [1.29, 1.82) is 0 Å². The Kier molecular flexibility index (Phi) is 4.66. The van der Waals surface area contributed by atoms with Gasteiger partial charge in [0.25, 0.3) is 5.91 Å². The smallest absolute Gasteiger partial charge is 0.255 e. The van der Waals surface area contributed by atoms with Crippen molar-refractivity contribution in [3.05, 3.63) is 41.2 Å². The normalized spacial score (nSPS) is 10.8. The first-order valence-electron chi connectivity index (χ1n) is 7.60. The number of nitrogens with one attached hydrogen (secondary N) is 2. The van der Waals surface area contributed by atoms with E-state index in [1.807, 2.05) is 6.92 Å². The summed E-state index contributed by atoms with van der Waals surface area (Å²) in [4.78, 5) is 24.2. The van der Waals surface area contributed by atoms with Gasteiger partial charge in [-0.3, -0.25) is 4.79 Å². The van der Waals surface area contributed by atoms with Crippen molar-refractivity contribution in [2.24, 2.45) is 0 Å². The van der Waals surface area contributed by atoms with Gasteiger partial charge in [-0.05, 0) is 24.6 Å². The maximum atomic E-state index is 12.3. The second kappa shape index (κ2) is 6.88. The molecule has 7 heteroatoms. The zero-order chi connectivity index (χ0) is 17.1. The van der Waals surface area contributed by atoms with Crippen molar-refractivity contribution in [1.82, 2.24) is 20.3 Å². The Hall–Kier alpha value is -2.60. The van der Waals surface area contributed by atoms with E-state index in [9.17, 15) is 4.79 Å². The number of carbonyl (C=O) groups is 1. The Labute approximate surface area is 144 Å². The molecule has 0 aliphatic carbocycles. The molecule has 0 bridgehead atoms. The molecule has 0 saturated heterocycles. The number of ether oxygens (including phenoxy) is 1. The Morgan fingerprint density at radius 2 is 2.25 bits per heavy atom. The van der Waals surface area contributed by atoms with Crippen molar-refractivity contribution in [2.45, 2.75) is 13.3 Å². The van der Waals surface area contributed by atoms with Crippen LogP contribution in [0.5, 0.6) is 5.75 Å². The number of nitrogens with zero attached hydrogens (tertiary/aromatic N) is 2. The molecule has 124 valence electrons. The van der Waals surface area contributed by atoms with Crippen LogP contribution in [0.4, 0.5) is 0 Å². The average Bonchev–Trinajstić information content (AvgIpc) is 3.02. The third-order valence-corrected chi connectivity index (χ3v) is 3.83. The molecule has 24 heavy (non-hydrogen) atoms. The number of amides is 1. The number of benzene rings is 1. The van der Waals surface area contributed by atoms with E-state index >= 15 is 0 Å². The molecule has 3 rings (SSSR count). The number of hydrogen-bond acceptors (Lipinski definition) is 4. The van der Waals surface area contributed by atoms with Gasteiger partial charge in [0.2, 0.25) is 0 Å². The molecule has 0 unspecified atom stereocenters. The average molecular weight is 345 g/mol. The highest BCUT2D eigenvalue weighted by Gasteiger charge is 2.16. The zero-order valence-corrected chi connectivity index (χ0v) is 14.1. The fourth-order valence-corrected chi connectivity index (χ4v) is 2.58. The van der Waals surface area contributed by atoms with Crippen LogP contribution in [0.25, 0.3) is 22.4 Å². The van der Waals surface area contributed by atoms with Crippen LogP contribution >= 0.6 is 11.6 Å². The molecule has 0 fully saturated rings. The fourth-order valence-electron chi connectivity index (χ4n) is 2.41. The van der Waals surface area contributed by atoms with Gasteiger partial charge in [-0.2, -0.15) is 0 Å². The van der Waals surface area contributed by atoms with Crippen molar-refractivity contribution in [3.63, 3.8) is 0 Å². The summed E-state index contributed by atoms with van der Waals surface area (Å²) in [5.74, 6) is 0.466. The minimum absolute atomic E-state index is 0.174. The maximum absolute atomic E-state index is 12.3. The van der Waals surface area contributed by atoms with Crippen LogP contribution in [0.15, 0.2) is 30.6 Å². The monoisotopic (exact) mass is 344 g/mol. The number of carbonyl (C=O) groups excluding carboxylic acids is 1. The second-order valence-corrected chi connectivity index (χ2v) is 5.69. The summed E-state index contributed by atoms with van der Waals surface area (Å²) in [6.07, 6.45) is 4.11. The van der Waals surface area contributed by atoms with Gasteiger partial charge >= 0.3 is 0 Å². The molecule has 1 aromatic carbocycles. The summed E-state index contributed by atoms with van der Waals surface area (Å²) in [5, 5.41) is 3.42. The molecule has 0 radical (unpaired) electrons. The predicted octanol–water partition coefficient (Wildman–Crippen LogP) is 3.43. The molecule has 6 nitrogen and oxygen atoms in total. The van der Waals surface area contributed by atoms with Crippen molar-refractivity contribution in [3.8, 4) is 17.0 Å². The van der Waals surface area contributed by atoms with Gasteiger partial charge in [0.05, 0.1) is 24.6 Å². The van der Waals surface area contributed by atoms with Crippen LogP contribution in [0, 0.1) is 0 Å². The minimum atomic E-state index is -0.174. The van der Waals surface area contributed by atoms with Crippen molar-refractivity contribution in [2.75, 3.05) is 13.7 Å². The molecule has 0 aliphatic rings. The Balaban J connectivity index is 2.08. The molecule has 2 aromatic heterocycles. The second-order valence-electron chi connectivity index (χ2n) is 5.26. The van der Waals surface area contributed by atoms with E-state index in [0.29, 0.717) is 39.7 Å². The van der Waals surface area contributed by atoms with Gasteiger partial charge in [-0.1, -0.05) is 18.5 Å². The van der Waals surface area contributed by atoms with E-state index in [1.165, 1.54) is 0 Å². The standard InChI is InChI=1S/C17H17ClN4O2/c1-3-6-19-17(23)12-8-20-16-15(12)22-13(9-21-16)11-7-10(18)4-5-14(11)24-2/h4-5,7-9H,3,6H2,1-2H3,(H,19,23)(H,20,21). The van der Waals surface area contributed by atoms with Crippen LogP contribution in [-0.2, 0) is 0 Å². The highest BCUT2D eigenvalue weighted by Crippen LogP contribution is 2.32. The van der Waals surface area contributed by atoms with E-state index in [1.54, 1.807) is 37.7 Å². The number of aromatic nitrogens is 3. The summed E-state index contributed by atoms with van der Waals surface area (Å²) in [6.45, 7) is 2.61. The van der Waals surface area contributed by atoms with E-state index < -0.39 is 0 Å². The Morgan fingerprint density at radius 3 is 3.00 bits per heavy atom. The number of aromatic amines is 1. The molecular weight excluding hydrogens is 328 g/mol. The van der Waals surface area contributed by atoms with Crippen LogP contribution in [0.3, 0.4) is 0 Å². The maximum Gasteiger partial charge on any atom is 0.255 e. The number of H-pyrrole nitrogens is 1. The topological polar surface area (TPSA) is 79.9 Å². The third-order valence-electron chi connectivity index (χ3n) is 3.60. The fraction of sp³-hybridized carbons (Fsp3) is 0.235. The first-order chi connectivity index (χ1) is 11.6. The van der Waals surface area contributed by atoms with Crippen LogP contribution < -0.4 is 10.1 Å². The van der Waals surface area contributed by atoms with Gasteiger partial charge < -0.3 is 15.0 Å². The van der Waals surface area contributed by atoms with E-state index in [0.717, 1.165) is 12.0 Å². The van der Waals surface area contributed by atoms with Crippen molar-refractivity contribution < 1.29 is 9.53 Å². The van der Waals surface area contributed by atoms with Gasteiger partial charge in [0.1, 0.15) is 11.3 Å². The minimum Gasteiger partial charge on any atom is -0.496 e. The molecule has 0 spiro atoms. The summed E-state index contributed by atoms with van der Waals surface area (Å²) < 4.78 is 5.37.